The molecule has 1 N–H and O–H groups in total. The summed E-state index contributed by atoms with van der Waals surface area (Å²) in [5.41, 5.74) is 3.45. The molecule has 5 nitrogen and oxygen atoms in total. The van der Waals surface area contributed by atoms with Gasteiger partial charge in [-0.3, -0.25) is 9.59 Å². The summed E-state index contributed by atoms with van der Waals surface area (Å²) in [6.07, 6.45) is 2.89. The van der Waals surface area contributed by atoms with Crippen molar-refractivity contribution in [3.63, 3.8) is 0 Å². The zero-order valence-electron chi connectivity index (χ0n) is 19.3. The van der Waals surface area contributed by atoms with Gasteiger partial charge in [0.05, 0.1) is 6.04 Å². The summed E-state index contributed by atoms with van der Waals surface area (Å²) in [5, 5.41) is 2.97. The smallest absolute Gasteiger partial charge is 0.261 e. The molecule has 32 heavy (non-hydrogen) atoms. The highest BCUT2D eigenvalue weighted by Gasteiger charge is 2.39. The van der Waals surface area contributed by atoms with Gasteiger partial charge in [-0.2, -0.15) is 0 Å². The lowest BCUT2D eigenvalue weighted by atomic mass is 9.87. The molecule has 0 radical (unpaired) electrons. The Bertz CT molecular complexity index is 953. The van der Waals surface area contributed by atoms with Crippen LogP contribution in [0.4, 0.5) is 0 Å². The molecule has 0 spiro atoms. The molecule has 170 valence electrons. The molecule has 1 aliphatic carbocycles. The third-order valence-corrected chi connectivity index (χ3v) is 6.30. The first kappa shape index (κ1) is 22.4. The molecule has 0 saturated heterocycles. The molecule has 2 amide bonds. The average Bonchev–Trinajstić information content (AvgIpc) is 3.65. The molecular formula is C27H34N2O3. The lowest BCUT2D eigenvalue weighted by Gasteiger charge is -2.38. The SMILES string of the molecule is CC[C@H](Oc1ccc2c(c1)[C@H](c1ccccc1)N(C(=O)C1CC1)CC2)C(=O)NCC(C)C. The van der Waals surface area contributed by atoms with Gasteiger partial charge in [0.2, 0.25) is 5.91 Å². The van der Waals surface area contributed by atoms with Crippen LogP contribution in [0.3, 0.4) is 0 Å². The third-order valence-electron chi connectivity index (χ3n) is 6.30. The number of nitrogens with zero attached hydrogens (tertiary/aromatic N) is 1. The highest BCUT2D eigenvalue weighted by atomic mass is 16.5. The Labute approximate surface area is 191 Å². The van der Waals surface area contributed by atoms with E-state index in [0.29, 0.717) is 24.6 Å². The van der Waals surface area contributed by atoms with Crippen LogP contribution in [0.2, 0.25) is 0 Å². The first-order chi connectivity index (χ1) is 15.5. The third kappa shape index (κ3) is 4.98. The quantitative estimate of drug-likeness (QED) is 0.666. The molecule has 1 fully saturated rings. The van der Waals surface area contributed by atoms with Gasteiger partial charge in [-0.05, 0) is 60.4 Å². The molecule has 0 bridgehead atoms. The van der Waals surface area contributed by atoms with Crippen LogP contribution in [-0.2, 0) is 16.0 Å². The fraction of sp³-hybridized carbons (Fsp3) is 0.481. The zero-order chi connectivity index (χ0) is 22.7. The van der Waals surface area contributed by atoms with Crippen molar-refractivity contribution in [3.8, 4) is 5.75 Å². The van der Waals surface area contributed by atoms with Gasteiger partial charge < -0.3 is 15.0 Å². The number of rotatable bonds is 8. The maximum absolute atomic E-state index is 13.1. The molecule has 2 atom stereocenters. The summed E-state index contributed by atoms with van der Waals surface area (Å²) < 4.78 is 6.15. The number of hydrogen-bond donors (Lipinski definition) is 1. The normalized spacial score (nSPS) is 18.8. The summed E-state index contributed by atoms with van der Waals surface area (Å²) in [7, 11) is 0. The molecular weight excluding hydrogens is 400 g/mol. The number of carbonyl (C=O) groups excluding carboxylic acids is 2. The zero-order valence-corrected chi connectivity index (χ0v) is 19.3. The van der Waals surface area contributed by atoms with E-state index in [1.165, 1.54) is 5.56 Å². The van der Waals surface area contributed by atoms with Crippen LogP contribution < -0.4 is 10.1 Å². The largest absolute Gasteiger partial charge is 0.481 e. The van der Waals surface area contributed by atoms with Crippen LogP contribution in [-0.4, -0.2) is 35.9 Å². The number of nitrogens with one attached hydrogen (secondary N) is 1. The average molecular weight is 435 g/mol. The summed E-state index contributed by atoms with van der Waals surface area (Å²) in [5.74, 6) is 1.43. The van der Waals surface area contributed by atoms with E-state index in [2.05, 4.69) is 37.4 Å². The number of fused-ring (bicyclic) bond motifs is 1. The Balaban J connectivity index is 1.62. The molecule has 4 rings (SSSR count). The highest BCUT2D eigenvalue weighted by molar-refractivity contribution is 5.82. The second-order valence-corrected chi connectivity index (χ2v) is 9.38. The van der Waals surface area contributed by atoms with Gasteiger partial charge in [0.15, 0.2) is 6.10 Å². The van der Waals surface area contributed by atoms with Crippen LogP contribution in [0.25, 0.3) is 0 Å². The van der Waals surface area contributed by atoms with Crippen molar-refractivity contribution >= 4 is 11.8 Å². The first-order valence-electron chi connectivity index (χ1n) is 11.9. The van der Waals surface area contributed by atoms with Crippen LogP contribution in [0.1, 0.15) is 62.8 Å². The topological polar surface area (TPSA) is 58.6 Å². The van der Waals surface area contributed by atoms with E-state index in [1.807, 2.05) is 42.2 Å². The predicted octanol–water partition coefficient (Wildman–Crippen LogP) is 4.50. The molecule has 2 aliphatic rings. The maximum atomic E-state index is 13.1. The van der Waals surface area contributed by atoms with E-state index in [1.54, 1.807) is 0 Å². The second kappa shape index (κ2) is 9.76. The van der Waals surface area contributed by atoms with Crippen LogP contribution >= 0.6 is 0 Å². The molecule has 5 heteroatoms. The van der Waals surface area contributed by atoms with E-state index < -0.39 is 6.10 Å². The number of amides is 2. The van der Waals surface area contributed by atoms with Crippen molar-refractivity contribution in [1.82, 2.24) is 10.2 Å². The van der Waals surface area contributed by atoms with Gasteiger partial charge in [-0.25, -0.2) is 0 Å². The van der Waals surface area contributed by atoms with Crippen LogP contribution in [0.5, 0.6) is 5.75 Å². The Morgan fingerprint density at radius 1 is 1.12 bits per heavy atom. The van der Waals surface area contributed by atoms with Gasteiger partial charge in [0.1, 0.15) is 5.75 Å². The van der Waals surface area contributed by atoms with E-state index in [4.69, 9.17) is 4.74 Å². The van der Waals surface area contributed by atoms with Crippen molar-refractivity contribution in [2.45, 2.75) is 58.6 Å². The Hall–Kier alpha value is -2.82. The van der Waals surface area contributed by atoms with Crippen molar-refractivity contribution in [3.05, 3.63) is 65.2 Å². The standard InChI is InChI=1S/C27H34N2O3/c1-4-24(26(30)28-17-18(2)3)32-22-13-12-19-14-15-29(27(31)21-10-11-21)25(23(19)16-22)20-8-6-5-7-9-20/h5-9,12-13,16,18,21,24-25H,4,10-11,14-15,17H2,1-3H3,(H,28,30)/t24-,25-/m0/s1. The molecule has 0 unspecified atom stereocenters. The van der Waals surface area contributed by atoms with Gasteiger partial charge in [-0.1, -0.05) is 57.2 Å². The van der Waals surface area contributed by atoms with Gasteiger partial charge in [0.25, 0.3) is 5.91 Å². The van der Waals surface area contributed by atoms with E-state index >= 15 is 0 Å². The minimum Gasteiger partial charge on any atom is -0.481 e. The molecule has 1 aliphatic heterocycles. The van der Waals surface area contributed by atoms with Crippen molar-refractivity contribution in [2.24, 2.45) is 11.8 Å². The lowest BCUT2D eigenvalue weighted by molar-refractivity contribution is -0.134. The molecule has 2 aromatic rings. The summed E-state index contributed by atoms with van der Waals surface area (Å²) in [4.78, 5) is 27.8. The van der Waals surface area contributed by atoms with Crippen molar-refractivity contribution < 1.29 is 14.3 Å². The Kier molecular flexibility index (Phi) is 6.83. The number of ether oxygens (including phenoxy) is 1. The summed E-state index contributed by atoms with van der Waals surface area (Å²) in [6.45, 7) is 7.48. The van der Waals surface area contributed by atoms with Gasteiger partial charge in [-0.15, -0.1) is 0 Å². The Morgan fingerprint density at radius 2 is 1.88 bits per heavy atom. The van der Waals surface area contributed by atoms with Crippen LogP contribution in [0.15, 0.2) is 48.5 Å². The van der Waals surface area contributed by atoms with Gasteiger partial charge in [0, 0.05) is 19.0 Å². The van der Waals surface area contributed by atoms with Crippen LogP contribution in [0, 0.1) is 11.8 Å². The number of benzene rings is 2. The number of hydrogen-bond acceptors (Lipinski definition) is 3. The second-order valence-electron chi connectivity index (χ2n) is 9.38. The Morgan fingerprint density at radius 3 is 2.53 bits per heavy atom. The summed E-state index contributed by atoms with van der Waals surface area (Å²) >= 11 is 0. The lowest BCUT2D eigenvalue weighted by Crippen LogP contribution is -2.41. The monoisotopic (exact) mass is 434 g/mol. The molecule has 1 heterocycles. The first-order valence-corrected chi connectivity index (χ1v) is 11.9. The van der Waals surface area contributed by atoms with Crippen molar-refractivity contribution in [2.75, 3.05) is 13.1 Å². The van der Waals surface area contributed by atoms with E-state index in [9.17, 15) is 9.59 Å². The minimum atomic E-state index is -0.533. The molecule has 2 aromatic carbocycles. The predicted molar refractivity (Wildman–Crippen MR) is 125 cm³/mol. The van der Waals surface area contributed by atoms with E-state index in [-0.39, 0.29) is 23.8 Å². The molecule has 1 saturated carbocycles. The summed E-state index contributed by atoms with van der Waals surface area (Å²) in [6, 6.07) is 16.2. The highest BCUT2D eigenvalue weighted by Crippen LogP contribution is 2.41. The minimum absolute atomic E-state index is 0.0796. The molecule has 0 aromatic heterocycles. The van der Waals surface area contributed by atoms with Gasteiger partial charge >= 0.3 is 0 Å². The maximum Gasteiger partial charge on any atom is 0.261 e. The van der Waals surface area contributed by atoms with Crippen molar-refractivity contribution in [1.29, 1.82) is 0 Å². The fourth-order valence-electron chi connectivity index (χ4n) is 4.37. The number of carbonyl (C=O) groups is 2. The fourth-order valence-corrected chi connectivity index (χ4v) is 4.37. The van der Waals surface area contributed by atoms with E-state index in [0.717, 1.165) is 36.9 Å².